The number of fused-ring (bicyclic) bond motifs is 1. The van der Waals surface area contributed by atoms with Crippen LogP contribution in [-0.2, 0) is 6.54 Å². The van der Waals surface area contributed by atoms with Crippen LogP contribution in [0.3, 0.4) is 0 Å². The third-order valence-electron chi connectivity index (χ3n) is 5.03. The minimum absolute atomic E-state index is 0.0587. The largest absolute Gasteiger partial charge is 0.465 e. The highest BCUT2D eigenvalue weighted by atomic mass is 32.1. The molecule has 0 radical (unpaired) electrons. The summed E-state index contributed by atoms with van der Waals surface area (Å²) in [5.41, 5.74) is 4.46. The van der Waals surface area contributed by atoms with Crippen LogP contribution in [0.5, 0.6) is 0 Å². The molecule has 0 saturated heterocycles. The van der Waals surface area contributed by atoms with Crippen LogP contribution in [0.4, 0.5) is 10.5 Å². The maximum Gasteiger partial charge on any atom is 0.409 e. The molecule has 0 aliphatic carbocycles. The van der Waals surface area contributed by atoms with Gasteiger partial charge < -0.3 is 5.11 Å². The Morgan fingerprint density at radius 2 is 1.81 bits per heavy atom. The fourth-order valence-electron chi connectivity index (χ4n) is 3.54. The van der Waals surface area contributed by atoms with Gasteiger partial charge in [-0.2, -0.15) is 0 Å². The Morgan fingerprint density at radius 3 is 2.56 bits per heavy atom. The molecule has 0 saturated carbocycles. The summed E-state index contributed by atoms with van der Waals surface area (Å²) in [6.45, 7) is 0.512. The first kappa shape index (κ1) is 21.3. The third-order valence-corrected chi connectivity index (χ3v) is 5.97. The van der Waals surface area contributed by atoms with Crippen molar-refractivity contribution in [2.24, 2.45) is 0 Å². The highest BCUT2D eigenvalue weighted by molar-refractivity contribution is 7.16. The number of aromatic nitrogens is 1. The van der Waals surface area contributed by atoms with E-state index in [0.29, 0.717) is 24.2 Å². The summed E-state index contributed by atoms with van der Waals surface area (Å²) in [6.07, 6.45) is 4.14. The molecule has 1 aromatic heterocycles. The molecule has 6 nitrogen and oxygen atoms in total. The number of hydrogen-bond donors (Lipinski definition) is 2. The molecular weight excluding hydrogens is 424 g/mol. The van der Waals surface area contributed by atoms with E-state index >= 15 is 0 Å². The molecule has 0 aliphatic heterocycles. The number of aryl methyl sites for hydroxylation is 1. The lowest BCUT2D eigenvalue weighted by Crippen LogP contribution is -2.12. The summed E-state index contributed by atoms with van der Waals surface area (Å²) in [6, 6.07) is 20.4. The summed E-state index contributed by atoms with van der Waals surface area (Å²) < 4.78 is 2.50. The number of carbonyl (C=O) groups is 2. The number of carbonyl (C=O) groups excluding carboxylic acids is 1. The molecular formula is C25H20N2O4S. The van der Waals surface area contributed by atoms with E-state index in [9.17, 15) is 19.5 Å². The number of nitrogens with one attached hydrogen (secondary N) is 1. The van der Waals surface area contributed by atoms with Gasteiger partial charge in [-0.05, 0) is 41.8 Å². The summed E-state index contributed by atoms with van der Waals surface area (Å²) in [5, 5.41) is 11.7. The van der Waals surface area contributed by atoms with Gasteiger partial charge in [0.25, 0.3) is 0 Å². The van der Waals surface area contributed by atoms with Crippen molar-refractivity contribution in [2.75, 3.05) is 5.32 Å². The van der Waals surface area contributed by atoms with Crippen molar-refractivity contribution < 1.29 is 14.7 Å². The van der Waals surface area contributed by atoms with Crippen molar-refractivity contribution >= 4 is 45.7 Å². The molecule has 0 bridgehead atoms. The van der Waals surface area contributed by atoms with Crippen LogP contribution in [0.1, 0.15) is 22.3 Å². The average Bonchev–Trinajstić information content (AvgIpc) is 3.11. The SMILES string of the molecule is O=Cc1ccc2c(c1)sc(=O)n2CC/C=C/c1ccc(-c2ccccc2)c(NC(=O)O)c1. The Labute approximate surface area is 188 Å². The van der Waals surface area contributed by atoms with Crippen LogP contribution >= 0.6 is 11.3 Å². The van der Waals surface area contributed by atoms with Crippen molar-refractivity contribution in [3.8, 4) is 11.1 Å². The molecule has 3 aromatic carbocycles. The van der Waals surface area contributed by atoms with Crippen LogP contribution in [0.2, 0.25) is 0 Å². The van der Waals surface area contributed by atoms with Gasteiger partial charge in [-0.1, -0.05) is 66.0 Å². The van der Waals surface area contributed by atoms with Gasteiger partial charge >= 0.3 is 11.0 Å². The zero-order valence-electron chi connectivity index (χ0n) is 17.0. The van der Waals surface area contributed by atoms with Gasteiger partial charge in [0, 0.05) is 17.7 Å². The van der Waals surface area contributed by atoms with E-state index in [-0.39, 0.29) is 4.87 Å². The summed E-state index contributed by atoms with van der Waals surface area (Å²) in [5.74, 6) is 0. The smallest absolute Gasteiger partial charge is 0.409 e. The normalized spacial score (nSPS) is 11.1. The van der Waals surface area contributed by atoms with Gasteiger partial charge in [0.2, 0.25) is 0 Å². The van der Waals surface area contributed by atoms with Crippen molar-refractivity contribution in [1.82, 2.24) is 4.57 Å². The molecule has 4 aromatic rings. The number of thiazole rings is 1. The molecule has 160 valence electrons. The first-order valence-corrected chi connectivity index (χ1v) is 10.8. The number of hydrogen-bond acceptors (Lipinski definition) is 4. The van der Waals surface area contributed by atoms with Gasteiger partial charge in [0.05, 0.1) is 15.9 Å². The predicted octanol–water partition coefficient (Wildman–Crippen LogP) is 5.74. The van der Waals surface area contributed by atoms with Crippen molar-refractivity contribution in [3.63, 3.8) is 0 Å². The second kappa shape index (κ2) is 9.45. The average molecular weight is 445 g/mol. The van der Waals surface area contributed by atoms with Crippen LogP contribution in [0, 0.1) is 0 Å². The molecule has 0 fully saturated rings. The molecule has 0 spiro atoms. The van der Waals surface area contributed by atoms with Crippen molar-refractivity contribution in [1.29, 1.82) is 0 Å². The van der Waals surface area contributed by atoms with E-state index in [0.717, 1.165) is 44.5 Å². The Morgan fingerprint density at radius 1 is 1.03 bits per heavy atom. The number of amides is 1. The van der Waals surface area contributed by atoms with E-state index in [1.807, 2.05) is 54.6 Å². The molecule has 1 amide bonds. The van der Waals surface area contributed by atoms with Gasteiger partial charge in [-0.3, -0.25) is 19.5 Å². The van der Waals surface area contributed by atoms with E-state index in [1.54, 1.807) is 28.8 Å². The number of carboxylic acid groups (broad SMARTS) is 1. The monoisotopic (exact) mass is 444 g/mol. The van der Waals surface area contributed by atoms with E-state index < -0.39 is 6.09 Å². The number of rotatable bonds is 7. The highest BCUT2D eigenvalue weighted by Gasteiger charge is 2.09. The van der Waals surface area contributed by atoms with Crippen LogP contribution in [-0.4, -0.2) is 22.1 Å². The fraction of sp³-hybridized carbons (Fsp3) is 0.0800. The number of allylic oxidation sites excluding steroid dienone is 1. The first-order chi connectivity index (χ1) is 15.5. The van der Waals surface area contributed by atoms with Crippen molar-refractivity contribution in [2.45, 2.75) is 13.0 Å². The second-order valence-corrected chi connectivity index (χ2v) is 8.15. The Kier molecular flexibility index (Phi) is 6.28. The van der Waals surface area contributed by atoms with E-state index in [4.69, 9.17) is 0 Å². The maximum atomic E-state index is 12.3. The predicted molar refractivity (Wildman–Crippen MR) is 129 cm³/mol. The van der Waals surface area contributed by atoms with Gasteiger partial charge in [-0.25, -0.2) is 4.79 Å². The second-order valence-electron chi connectivity index (χ2n) is 7.16. The van der Waals surface area contributed by atoms with E-state index in [1.165, 1.54) is 0 Å². The first-order valence-electron chi connectivity index (χ1n) is 9.99. The Bertz CT molecular complexity index is 1370. The Balaban J connectivity index is 1.52. The molecule has 0 unspecified atom stereocenters. The lowest BCUT2D eigenvalue weighted by molar-refractivity contribution is 0.112. The number of aldehydes is 1. The highest BCUT2D eigenvalue weighted by Crippen LogP contribution is 2.29. The number of nitrogens with zero attached hydrogens (tertiary/aromatic N) is 1. The quantitative estimate of drug-likeness (QED) is 0.356. The lowest BCUT2D eigenvalue weighted by Gasteiger charge is -2.10. The minimum Gasteiger partial charge on any atom is -0.465 e. The molecule has 7 heteroatoms. The molecule has 32 heavy (non-hydrogen) atoms. The van der Waals surface area contributed by atoms with Crippen LogP contribution in [0.25, 0.3) is 27.4 Å². The summed E-state index contributed by atoms with van der Waals surface area (Å²) in [4.78, 5) is 34.5. The summed E-state index contributed by atoms with van der Waals surface area (Å²) >= 11 is 1.13. The molecule has 1 heterocycles. The van der Waals surface area contributed by atoms with Crippen molar-refractivity contribution in [3.05, 3.63) is 93.6 Å². The van der Waals surface area contributed by atoms with Gasteiger partial charge in [0.1, 0.15) is 6.29 Å². The Hall–Kier alpha value is -3.97. The molecule has 4 rings (SSSR count). The summed E-state index contributed by atoms with van der Waals surface area (Å²) in [7, 11) is 0. The van der Waals surface area contributed by atoms with Gasteiger partial charge in [0.15, 0.2) is 0 Å². The number of anilines is 1. The number of benzene rings is 3. The zero-order chi connectivity index (χ0) is 22.5. The topological polar surface area (TPSA) is 88.4 Å². The third kappa shape index (κ3) is 4.68. The van der Waals surface area contributed by atoms with Crippen LogP contribution < -0.4 is 10.2 Å². The van der Waals surface area contributed by atoms with Gasteiger partial charge in [-0.15, -0.1) is 0 Å². The maximum absolute atomic E-state index is 12.3. The molecule has 0 aliphatic rings. The zero-order valence-corrected chi connectivity index (χ0v) is 17.8. The fourth-order valence-corrected chi connectivity index (χ4v) is 4.51. The lowest BCUT2D eigenvalue weighted by atomic mass is 10.0. The van der Waals surface area contributed by atoms with E-state index in [2.05, 4.69) is 5.32 Å². The standard InChI is InChI=1S/C25H20N2O4S/c28-16-18-10-12-22-23(15-18)32-25(31)27(22)13-5-4-6-17-9-11-20(19-7-2-1-3-8-19)21(14-17)26-24(29)30/h1-4,6-12,14-16,26H,5,13H2,(H,29,30)/b6-4+. The molecule has 0 atom stereocenters. The molecule has 2 N–H and O–H groups in total. The van der Waals surface area contributed by atoms with Crippen LogP contribution in [0.15, 0.2) is 77.6 Å². The minimum atomic E-state index is -1.12.